The zero-order valence-corrected chi connectivity index (χ0v) is 15.5. The van der Waals surface area contributed by atoms with Gasteiger partial charge in [0.05, 0.1) is 5.69 Å². The Labute approximate surface area is 151 Å². The molecule has 1 N–H and O–H groups in total. The zero-order valence-electron chi connectivity index (χ0n) is 14.6. The summed E-state index contributed by atoms with van der Waals surface area (Å²) < 4.78 is 2.18. The van der Waals surface area contributed by atoms with Crippen LogP contribution in [0.25, 0.3) is 22.4 Å². The number of H-pyrrole nitrogens is 1. The smallest absolute Gasteiger partial charge is 0.211 e. The highest BCUT2D eigenvalue weighted by Crippen LogP contribution is 2.26. The molecule has 4 rings (SSSR count). The molecule has 0 saturated heterocycles. The number of nitrogens with one attached hydrogen (secondary N) is 1. The van der Waals surface area contributed by atoms with Crippen LogP contribution in [0.15, 0.2) is 35.4 Å². The lowest BCUT2D eigenvalue weighted by molar-refractivity contribution is 0.103. The minimum absolute atomic E-state index is 0.110. The minimum Gasteiger partial charge on any atom is -0.360 e. The van der Waals surface area contributed by atoms with Crippen molar-refractivity contribution in [1.29, 1.82) is 0 Å². The lowest BCUT2D eigenvalue weighted by Crippen LogP contribution is -2.27. The number of fused-ring (bicyclic) bond motifs is 2. The maximum Gasteiger partial charge on any atom is 0.211 e. The van der Waals surface area contributed by atoms with E-state index in [0.717, 1.165) is 53.0 Å². The van der Waals surface area contributed by atoms with E-state index >= 15 is 0 Å². The summed E-state index contributed by atoms with van der Waals surface area (Å²) in [6.45, 7) is 5.19. The van der Waals surface area contributed by atoms with Gasteiger partial charge in [0.15, 0.2) is 0 Å². The molecule has 128 valence electrons. The summed E-state index contributed by atoms with van der Waals surface area (Å²) in [5, 5.41) is 5.32. The molecule has 4 heteroatoms. The van der Waals surface area contributed by atoms with Gasteiger partial charge in [0, 0.05) is 34.3 Å². The number of carbonyl (C=O) groups is 1. The van der Waals surface area contributed by atoms with E-state index in [1.54, 1.807) is 11.3 Å². The van der Waals surface area contributed by atoms with E-state index in [1.165, 1.54) is 10.4 Å². The van der Waals surface area contributed by atoms with E-state index in [4.69, 9.17) is 0 Å². The first kappa shape index (κ1) is 16.2. The van der Waals surface area contributed by atoms with Crippen molar-refractivity contribution in [2.45, 2.75) is 39.7 Å². The highest BCUT2D eigenvalue weighted by Gasteiger charge is 2.19. The van der Waals surface area contributed by atoms with Crippen LogP contribution < -0.4 is 10.6 Å². The van der Waals surface area contributed by atoms with E-state index in [9.17, 15) is 4.79 Å². The van der Waals surface area contributed by atoms with Crippen LogP contribution in [0.2, 0.25) is 0 Å². The first-order valence-corrected chi connectivity index (χ1v) is 9.79. The molecule has 0 amide bonds. The summed E-state index contributed by atoms with van der Waals surface area (Å²) in [5.74, 6) is 0.110. The van der Waals surface area contributed by atoms with E-state index < -0.39 is 0 Å². The number of rotatable bonds is 5. The Balaban J connectivity index is 1.83. The standard InChI is InChI=1S/C21H22N2OS/c1-3-10-23-19(12-15-9-11-25-21(15)23)20(24)17-13-22-18-8-6-14(4-2)5-7-16(17)18/h6-9,11-13,22H,3-5,10H2,1-2H3. The Morgan fingerprint density at radius 1 is 1.32 bits per heavy atom. The predicted octanol–water partition coefficient (Wildman–Crippen LogP) is 3.97. The summed E-state index contributed by atoms with van der Waals surface area (Å²) in [5.41, 5.74) is 2.96. The lowest BCUT2D eigenvalue weighted by atomic mass is 10.1. The highest BCUT2D eigenvalue weighted by molar-refractivity contribution is 7.16. The number of ketones is 1. The molecule has 0 spiro atoms. The summed E-state index contributed by atoms with van der Waals surface area (Å²) in [7, 11) is 0. The quantitative estimate of drug-likeness (QED) is 0.695. The Morgan fingerprint density at radius 3 is 3.00 bits per heavy atom. The second kappa shape index (κ2) is 6.52. The van der Waals surface area contributed by atoms with Gasteiger partial charge in [-0.15, -0.1) is 11.3 Å². The van der Waals surface area contributed by atoms with E-state index in [2.05, 4.69) is 53.1 Å². The number of allylic oxidation sites excluding steroid dienone is 2. The summed E-state index contributed by atoms with van der Waals surface area (Å²) in [4.78, 5) is 17.8. The van der Waals surface area contributed by atoms with Gasteiger partial charge in [0.2, 0.25) is 5.78 Å². The topological polar surface area (TPSA) is 37.8 Å². The van der Waals surface area contributed by atoms with Crippen LogP contribution in [-0.4, -0.2) is 15.3 Å². The van der Waals surface area contributed by atoms with Gasteiger partial charge in [0.25, 0.3) is 0 Å². The summed E-state index contributed by atoms with van der Waals surface area (Å²) >= 11 is 1.71. The third-order valence-corrected chi connectivity index (χ3v) is 5.84. The maximum absolute atomic E-state index is 13.3. The molecule has 3 nitrogen and oxygen atoms in total. The van der Waals surface area contributed by atoms with Gasteiger partial charge in [-0.25, -0.2) is 0 Å². The molecule has 0 radical (unpaired) electrons. The molecule has 25 heavy (non-hydrogen) atoms. The second-order valence-corrected chi connectivity index (χ2v) is 7.37. The van der Waals surface area contributed by atoms with Crippen LogP contribution in [0.5, 0.6) is 0 Å². The van der Waals surface area contributed by atoms with Crippen molar-refractivity contribution in [3.63, 3.8) is 0 Å². The largest absolute Gasteiger partial charge is 0.360 e. The van der Waals surface area contributed by atoms with Crippen LogP contribution in [0.3, 0.4) is 0 Å². The predicted molar refractivity (Wildman–Crippen MR) is 106 cm³/mol. The number of hydrogen-bond acceptors (Lipinski definition) is 2. The van der Waals surface area contributed by atoms with Crippen LogP contribution in [0, 0.1) is 0 Å². The number of carbonyl (C=O) groups excluding carboxylic acids is 1. The van der Waals surface area contributed by atoms with Crippen LogP contribution >= 0.6 is 11.3 Å². The maximum atomic E-state index is 13.3. The first-order valence-electron chi connectivity index (χ1n) is 8.91. The molecule has 0 aliphatic heterocycles. The number of aryl methyl sites for hydroxylation is 1. The molecule has 1 aliphatic rings. The van der Waals surface area contributed by atoms with Crippen molar-refractivity contribution < 1.29 is 4.79 Å². The Hall–Kier alpha value is -2.33. The SMILES string of the molecule is CCCn1c(C(=O)c2c[nH]c3c2=CCC(CC)=CC=3)cc2ccsc21. The fourth-order valence-electron chi connectivity index (χ4n) is 3.51. The Bertz CT molecular complexity index is 1090. The molecular formula is C21H22N2OS. The normalized spacial score (nSPS) is 13.8. The summed E-state index contributed by atoms with van der Waals surface area (Å²) in [6.07, 6.45) is 11.3. The average molecular weight is 350 g/mol. The fourth-order valence-corrected chi connectivity index (χ4v) is 4.43. The molecule has 0 fully saturated rings. The third kappa shape index (κ3) is 2.71. The van der Waals surface area contributed by atoms with Gasteiger partial charge in [-0.2, -0.15) is 0 Å². The molecule has 3 aromatic rings. The van der Waals surface area contributed by atoms with Gasteiger partial charge < -0.3 is 9.55 Å². The van der Waals surface area contributed by atoms with Crippen molar-refractivity contribution in [1.82, 2.24) is 9.55 Å². The lowest BCUT2D eigenvalue weighted by Gasteiger charge is -2.07. The summed E-state index contributed by atoms with van der Waals surface area (Å²) in [6, 6.07) is 4.14. The monoisotopic (exact) mass is 350 g/mol. The minimum atomic E-state index is 0.110. The Morgan fingerprint density at radius 2 is 2.20 bits per heavy atom. The zero-order chi connectivity index (χ0) is 17.4. The second-order valence-electron chi connectivity index (χ2n) is 6.47. The van der Waals surface area contributed by atoms with Gasteiger partial charge in [-0.3, -0.25) is 4.79 Å². The van der Waals surface area contributed by atoms with Crippen molar-refractivity contribution in [2.75, 3.05) is 0 Å². The van der Waals surface area contributed by atoms with Crippen molar-refractivity contribution in [2.24, 2.45) is 0 Å². The molecule has 3 aromatic heterocycles. The van der Waals surface area contributed by atoms with Gasteiger partial charge >= 0.3 is 0 Å². The van der Waals surface area contributed by atoms with E-state index in [1.807, 2.05) is 12.3 Å². The number of hydrogen-bond donors (Lipinski definition) is 1. The third-order valence-electron chi connectivity index (χ3n) is 4.89. The van der Waals surface area contributed by atoms with Crippen molar-refractivity contribution in [3.05, 3.63) is 57.2 Å². The van der Waals surface area contributed by atoms with Gasteiger partial charge in [-0.05, 0) is 42.9 Å². The number of nitrogens with zero attached hydrogens (tertiary/aromatic N) is 1. The number of thiophene rings is 1. The van der Waals surface area contributed by atoms with Crippen LogP contribution in [0.1, 0.15) is 49.2 Å². The van der Waals surface area contributed by atoms with Crippen LogP contribution in [-0.2, 0) is 6.54 Å². The molecule has 3 heterocycles. The van der Waals surface area contributed by atoms with Crippen molar-refractivity contribution in [3.8, 4) is 0 Å². The molecular weight excluding hydrogens is 328 g/mol. The molecule has 1 aliphatic carbocycles. The fraction of sp³-hybridized carbons (Fsp3) is 0.286. The average Bonchev–Trinajstić information content (AvgIpc) is 3.28. The number of aromatic nitrogens is 2. The molecule has 0 saturated carbocycles. The molecule has 0 aromatic carbocycles. The highest BCUT2D eigenvalue weighted by atomic mass is 32.1. The van der Waals surface area contributed by atoms with Crippen molar-refractivity contribution >= 4 is 39.5 Å². The van der Waals surface area contributed by atoms with Gasteiger partial charge in [-0.1, -0.05) is 31.6 Å². The molecule has 0 atom stereocenters. The van der Waals surface area contributed by atoms with E-state index in [-0.39, 0.29) is 5.78 Å². The van der Waals surface area contributed by atoms with E-state index in [0.29, 0.717) is 0 Å². The first-order chi connectivity index (χ1) is 12.2. The molecule has 0 unspecified atom stereocenters. The number of aromatic amines is 1. The Kier molecular flexibility index (Phi) is 4.22. The van der Waals surface area contributed by atoms with Gasteiger partial charge in [0.1, 0.15) is 4.83 Å². The molecule has 0 bridgehead atoms. The van der Waals surface area contributed by atoms with Crippen LogP contribution in [0.4, 0.5) is 0 Å².